The summed E-state index contributed by atoms with van der Waals surface area (Å²) in [7, 11) is 1.67. The second kappa shape index (κ2) is 8.74. The van der Waals surface area contributed by atoms with Crippen LogP contribution < -0.4 is 15.4 Å². The summed E-state index contributed by atoms with van der Waals surface area (Å²) in [6.07, 6.45) is 0. The summed E-state index contributed by atoms with van der Waals surface area (Å²) in [6, 6.07) is 11.9. The van der Waals surface area contributed by atoms with Crippen LogP contribution in [0, 0.1) is 13.8 Å². The molecule has 6 heteroatoms. The summed E-state index contributed by atoms with van der Waals surface area (Å²) in [5.41, 5.74) is 3.82. The minimum absolute atomic E-state index is 0.0642. The first-order valence-electron chi connectivity index (χ1n) is 9.14. The fraction of sp³-hybridized carbons (Fsp3) is 0.381. The molecule has 1 unspecified atom stereocenters. The summed E-state index contributed by atoms with van der Waals surface area (Å²) in [5.74, 6) is 0.777. The molecule has 0 bridgehead atoms. The largest absolute Gasteiger partial charge is 0.496 e. The average Bonchev–Trinajstić information content (AvgIpc) is 2.65. The third-order valence-electron chi connectivity index (χ3n) is 4.90. The number of piperazine rings is 1. The zero-order valence-corrected chi connectivity index (χ0v) is 16.8. The fourth-order valence-corrected chi connectivity index (χ4v) is 3.99. The van der Waals surface area contributed by atoms with Gasteiger partial charge in [0.15, 0.2) is 0 Å². The number of rotatable bonds is 5. The highest BCUT2D eigenvalue weighted by atomic mass is 35.5. The first-order valence-corrected chi connectivity index (χ1v) is 9.51. The normalized spacial score (nSPS) is 17.6. The molecule has 2 N–H and O–H groups in total. The molecule has 1 saturated heterocycles. The number of nitrogens with one attached hydrogen (secondary N) is 2. The Balaban J connectivity index is 1.76. The van der Waals surface area contributed by atoms with Gasteiger partial charge in [0.2, 0.25) is 5.91 Å². The standard InChI is InChI=1S/C21H26ClN3O2/c1-14-10-15(2)21(17(22)11-14)24-20(26)13-25-9-8-23-12-18(25)16-6-4-5-7-19(16)27-3/h4-7,10-11,18,23H,8-9,12-13H2,1-3H3,(H,24,26). The molecule has 1 atom stereocenters. The summed E-state index contributed by atoms with van der Waals surface area (Å²) in [6.45, 7) is 6.66. The zero-order chi connectivity index (χ0) is 19.4. The van der Waals surface area contributed by atoms with Crippen LogP contribution in [0.25, 0.3) is 0 Å². The molecule has 2 aromatic carbocycles. The van der Waals surface area contributed by atoms with E-state index in [2.05, 4.69) is 21.6 Å². The molecule has 0 spiro atoms. The molecule has 1 amide bonds. The number of anilines is 1. The Bertz CT molecular complexity index is 802. The van der Waals surface area contributed by atoms with E-state index in [4.69, 9.17) is 16.3 Å². The van der Waals surface area contributed by atoms with Gasteiger partial charge in [-0.15, -0.1) is 0 Å². The highest BCUT2D eigenvalue weighted by molar-refractivity contribution is 6.34. The first kappa shape index (κ1) is 19.7. The Labute approximate surface area is 165 Å². The molecule has 144 valence electrons. The number of hydrogen-bond donors (Lipinski definition) is 2. The molecular weight excluding hydrogens is 362 g/mol. The van der Waals surface area contributed by atoms with Gasteiger partial charge in [-0.2, -0.15) is 0 Å². The number of halogens is 1. The summed E-state index contributed by atoms with van der Waals surface area (Å²) < 4.78 is 5.52. The van der Waals surface area contributed by atoms with Crippen molar-refractivity contribution in [2.45, 2.75) is 19.9 Å². The molecule has 1 heterocycles. The van der Waals surface area contributed by atoms with Crippen molar-refractivity contribution in [3.8, 4) is 5.75 Å². The van der Waals surface area contributed by atoms with Gasteiger partial charge in [0.1, 0.15) is 5.75 Å². The van der Waals surface area contributed by atoms with E-state index in [0.717, 1.165) is 42.1 Å². The van der Waals surface area contributed by atoms with Gasteiger partial charge in [0.25, 0.3) is 0 Å². The van der Waals surface area contributed by atoms with Crippen molar-refractivity contribution in [3.63, 3.8) is 0 Å². The smallest absolute Gasteiger partial charge is 0.238 e. The second-order valence-corrected chi connectivity index (χ2v) is 7.33. The third kappa shape index (κ3) is 4.61. The fourth-order valence-electron chi connectivity index (χ4n) is 3.62. The predicted octanol–water partition coefficient (Wildman–Crippen LogP) is 3.55. The van der Waals surface area contributed by atoms with Gasteiger partial charge >= 0.3 is 0 Å². The summed E-state index contributed by atoms with van der Waals surface area (Å²) in [4.78, 5) is 14.9. The van der Waals surface area contributed by atoms with Gasteiger partial charge < -0.3 is 15.4 Å². The van der Waals surface area contributed by atoms with Gasteiger partial charge in [0.05, 0.1) is 30.4 Å². The van der Waals surface area contributed by atoms with Crippen molar-refractivity contribution < 1.29 is 9.53 Å². The molecule has 27 heavy (non-hydrogen) atoms. The summed E-state index contributed by atoms with van der Waals surface area (Å²) >= 11 is 6.33. The number of hydrogen-bond acceptors (Lipinski definition) is 4. The van der Waals surface area contributed by atoms with E-state index in [1.807, 2.05) is 44.2 Å². The Morgan fingerprint density at radius 3 is 2.85 bits per heavy atom. The Morgan fingerprint density at radius 1 is 1.33 bits per heavy atom. The molecule has 1 aliphatic rings. The number of carbonyl (C=O) groups excluding carboxylic acids is 1. The molecule has 1 fully saturated rings. The van der Waals surface area contributed by atoms with E-state index >= 15 is 0 Å². The van der Waals surface area contributed by atoms with Crippen molar-refractivity contribution in [1.29, 1.82) is 0 Å². The molecule has 0 aromatic heterocycles. The third-order valence-corrected chi connectivity index (χ3v) is 5.19. The summed E-state index contributed by atoms with van der Waals surface area (Å²) in [5, 5.41) is 6.97. The number of methoxy groups -OCH3 is 1. The average molecular weight is 388 g/mol. The van der Waals surface area contributed by atoms with Crippen LogP contribution in [0.5, 0.6) is 5.75 Å². The minimum Gasteiger partial charge on any atom is -0.496 e. The number of benzene rings is 2. The highest BCUT2D eigenvalue weighted by Crippen LogP contribution is 2.31. The first-order chi connectivity index (χ1) is 13.0. The molecular formula is C21H26ClN3O2. The molecule has 5 nitrogen and oxygen atoms in total. The van der Waals surface area contributed by atoms with Crippen molar-refractivity contribution in [1.82, 2.24) is 10.2 Å². The van der Waals surface area contributed by atoms with Crippen molar-refractivity contribution in [3.05, 3.63) is 58.1 Å². The van der Waals surface area contributed by atoms with E-state index in [9.17, 15) is 4.79 Å². The van der Waals surface area contributed by atoms with Crippen LogP contribution in [-0.4, -0.2) is 44.1 Å². The second-order valence-electron chi connectivity index (χ2n) is 6.92. The van der Waals surface area contributed by atoms with E-state index in [0.29, 0.717) is 17.3 Å². The van der Waals surface area contributed by atoms with Crippen molar-refractivity contribution in [2.75, 3.05) is 38.6 Å². The Morgan fingerprint density at radius 2 is 2.11 bits per heavy atom. The van der Waals surface area contributed by atoms with Gasteiger partial charge in [-0.1, -0.05) is 35.9 Å². The predicted molar refractivity (Wildman–Crippen MR) is 110 cm³/mol. The number of ether oxygens (including phenoxy) is 1. The van der Waals surface area contributed by atoms with Crippen LogP contribution in [0.2, 0.25) is 5.02 Å². The number of carbonyl (C=O) groups is 1. The van der Waals surface area contributed by atoms with Gasteiger partial charge in [-0.05, 0) is 37.1 Å². The molecule has 0 saturated carbocycles. The number of nitrogens with zero attached hydrogens (tertiary/aromatic N) is 1. The van der Waals surface area contributed by atoms with Gasteiger partial charge in [-0.3, -0.25) is 9.69 Å². The van der Waals surface area contributed by atoms with E-state index < -0.39 is 0 Å². The van der Waals surface area contributed by atoms with Crippen molar-refractivity contribution >= 4 is 23.2 Å². The van der Waals surface area contributed by atoms with E-state index in [1.165, 1.54) is 0 Å². The Hall–Kier alpha value is -2.08. The molecule has 1 aliphatic heterocycles. The van der Waals surface area contributed by atoms with Crippen LogP contribution in [0.4, 0.5) is 5.69 Å². The lowest BCUT2D eigenvalue weighted by molar-refractivity contribution is -0.118. The van der Waals surface area contributed by atoms with Crippen molar-refractivity contribution in [2.24, 2.45) is 0 Å². The maximum Gasteiger partial charge on any atom is 0.238 e. The van der Waals surface area contributed by atoms with Crippen LogP contribution in [-0.2, 0) is 4.79 Å². The van der Waals surface area contributed by atoms with Crippen LogP contribution in [0.3, 0.4) is 0 Å². The van der Waals surface area contributed by atoms with Crippen LogP contribution >= 0.6 is 11.6 Å². The topological polar surface area (TPSA) is 53.6 Å². The highest BCUT2D eigenvalue weighted by Gasteiger charge is 2.27. The number of aryl methyl sites for hydroxylation is 2. The van der Waals surface area contributed by atoms with Gasteiger partial charge in [-0.25, -0.2) is 0 Å². The maximum atomic E-state index is 12.7. The molecule has 2 aromatic rings. The lowest BCUT2D eigenvalue weighted by Gasteiger charge is -2.36. The Kier molecular flexibility index (Phi) is 6.37. The minimum atomic E-state index is -0.0642. The molecule has 0 aliphatic carbocycles. The zero-order valence-electron chi connectivity index (χ0n) is 16.0. The number of para-hydroxylation sites is 1. The SMILES string of the molecule is COc1ccccc1C1CNCCN1CC(=O)Nc1c(C)cc(C)cc1Cl. The lowest BCUT2D eigenvalue weighted by Crippen LogP contribution is -2.48. The monoisotopic (exact) mass is 387 g/mol. The molecule has 0 radical (unpaired) electrons. The maximum absolute atomic E-state index is 12.7. The van der Waals surface area contributed by atoms with E-state index in [1.54, 1.807) is 7.11 Å². The number of amides is 1. The lowest BCUT2D eigenvalue weighted by atomic mass is 10.0. The van der Waals surface area contributed by atoms with Gasteiger partial charge in [0, 0.05) is 25.2 Å². The van der Waals surface area contributed by atoms with Crippen LogP contribution in [0.1, 0.15) is 22.7 Å². The molecule has 3 rings (SSSR count). The van der Waals surface area contributed by atoms with E-state index in [-0.39, 0.29) is 11.9 Å². The van der Waals surface area contributed by atoms with Crippen LogP contribution in [0.15, 0.2) is 36.4 Å². The quantitative estimate of drug-likeness (QED) is 0.823.